The molecule has 18 heavy (non-hydrogen) atoms. The predicted octanol–water partition coefficient (Wildman–Crippen LogP) is 0.641. The Kier molecular flexibility index (Phi) is 2.55. The molecule has 0 aliphatic rings. The average molecular weight is 252 g/mol. The molecule has 92 valence electrons. The lowest BCUT2D eigenvalue weighted by atomic mass is 10.2. The molecule has 1 aromatic heterocycles. The van der Waals surface area contributed by atoms with Gasteiger partial charge in [-0.15, -0.1) is 0 Å². The van der Waals surface area contributed by atoms with Crippen LogP contribution in [-0.4, -0.2) is 15.0 Å². The van der Waals surface area contributed by atoms with Gasteiger partial charge in [-0.25, -0.2) is 4.39 Å². The van der Waals surface area contributed by atoms with Crippen LogP contribution in [0.25, 0.3) is 10.9 Å². The number of aromatic nitrogens is 1. The predicted molar refractivity (Wildman–Crippen MR) is 59.1 cm³/mol. The van der Waals surface area contributed by atoms with Crippen molar-refractivity contribution in [1.29, 1.82) is 0 Å². The second-order valence-electron chi connectivity index (χ2n) is 3.43. The Hall–Kier alpha value is -2.77. The molecule has 2 rings (SSSR count). The number of fused-ring (bicyclic) bond motifs is 1. The number of aromatic amines is 1. The molecule has 7 nitrogen and oxygen atoms in total. The lowest BCUT2D eigenvalue weighted by molar-refractivity contribution is -0.386. The number of halogens is 1. The first kappa shape index (κ1) is 11.7. The Morgan fingerprint density at radius 2 is 2.00 bits per heavy atom. The van der Waals surface area contributed by atoms with E-state index in [9.17, 15) is 29.2 Å². The van der Waals surface area contributed by atoms with E-state index in [1.54, 1.807) is 0 Å². The summed E-state index contributed by atoms with van der Waals surface area (Å²) in [4.78, 5) is 34.6. The number of hydrogen-bond donors (Lipinski definition) is 2. The molecule has 2 aromatic rings. The van der Waals surface area contributed by atoms with Gasteiger partial charge < -0.3 is 10.1 Å². The summed E-state index contributed by atoms with van der Waals surface area (Å²) in [5.74, 6) is -2.03. The van der Waals surface area contributed by atoms with E-state index in [4.69, 9.17) is 0 Å². The molecule has 1 heterocycles. The van der Waals surface area contributed by atoms with E-state index in [0.29, 0.717) is 0 Å². The highest BCUT2D eigenvalue weighted by atomic mass is 19.1. The third-order valence-corrected chi connectivity index (χ3v) is 2.31. The largest absolute Gasteiger partial charge is 0.498 e. The van der Waals surface area contributed by atoms with Gasteiger partial charge in [0.15, 0.2) is 0 Å². The number of nitrogens with one attached hydrogen (secondary N) is 1. The van der Waals surface area contributed by atoms with Crippen molar-refractivity contribution < 1.29 is 14.4 Å². The van der Waals surface area contributed by atoms with E-state index in [2.05, 4.69) is 0 Å². The monoisotopic (exact) mass is 252 g/mol. The van der Waals surface area contributed by atoms with Gasteiger partial charge in [-0.2, -0.15) is 0 Å². The van der Waals surface area contributed by atoms with Crippen molar-refractivity contribution in [2.75, 3.05) is 0 Å². The topological polar surface area (TPSA) is 113 Å². The molecule has 0 unspecified atom stereocenters. The summed E-state index contributed by atoms with van der Waals surface area (Å²) in [6.45, 7) is 0. The van der Waals surface area contributed by atoms with E-state index in [1.165, 1.54) is 0 Å². The number of nitro groups is 1. The minimum Gasteiger partial charge on any atom is -0.498 e. The van der Waals surface area contributed by atoms with Crippen LogP contribution in [0.4, 0.5) is 10.1 Å². The molecule has 0 aliphatic carbocycles. The third kappa shape index (κ3) is 1.69. The van der Waals surface area contributed by atoms with Crippen LogP contribution in [0.1, 0.15) is 0 Å². The molecule has 0 spiro atoms. The molecule has 0 fully saturated rings. The maximum absolute atomic E-state index is 13.0. The van der Waals surface area contributed by atoms with Gasteiger partial charge in [0.05, 0.1) is 15.8 Å². The molecular weight excluding hydrogens is 247 g/mol. The van der Waals surface area contributed by atoms with Crippen molar-refractivity contribution in [3.63, 3.8) is 0 Å². The maximum atomic E-state index is 13.0. The van der Waals surface area contributed by atoms with Gasteiger partial charge in [-0.05, 0) is 18.2 Å². The van der Waals surface area contributed by atoms with E-state index in [-0.39, 0.29) is 10.9 Å². The summed E-state index contributed by atoms with van der Waals surface area (Å²) >= 11 is 0. The summed E-state index contributed by atoms with van der Waals surface area (Å²) in [7, 11) is 0. The zero-order chi connectivity index (χ0) is 13.4. The van der Waals surface area contributed by atoms with Gasteiger partial charge in [-0.1, -0.05) is 0 Å². The summed E-state index contributed by atoms with van der Waals surface area (Å²) in [5.41, 5.74) is -3.86. The normalized spacial score (nSPS) is 10.5. The van der Waals surface area contributed by atoms with Crippen molar-refractivity contribution in [2.45, 2.75) is 0 Å². The highest BCUT2D eigenvalue weighted by Gasteiger charge is 2.22. The lowest BCUT2D eigenvalue weighted by Crippen LogP contribution is -2.08. The van der Waals surface area contributed by atoms with Crippen LogP contribution in [0.15, 0.2) is 27.8 Å². The number of rotatable bonds is 1. The van der Waals surface area contributed by atoms with E-state index < -0.39 is 33.2 Å². The number of aromatic hydroxyl groups is 1. The van der Waals surface area contributed by atoms with Crippen molar-refractivity contribution in [2.24, 2.45) is 0 Å². The molecule has 0 aliphatic heterocycles. The van der Waals surface area contributed by atoms with E-state index in [1.807, 2.05) is 4.98 Å². The maximum Gasteiger partial charge on any atom is 0.364 e. The Labute approximate surface area is 97.3 Å². The van der Waals surface area contributed by atoms with Crippen molar-refractivity contribution in [3.05, 3.63) is 54.7 Å². The standard InChI is InChI=1S/C10H5FN2O5/c11-4-1-2-5-6(3-4)12-10(16)9(15)7(8(5)14)13(17)18/h1-3,15H,(H,12,16). The van der Waals surface area contributed by atoms with Crippen LogP contribution in [0.5, 0.6) is 5.75 Å². The third-order valence-electron chi connectivity index (χ3n) is 2.31. The summed E-state index contributed by atoms with van der Waals surface area (Å²) in [6, 6.07) is 2.75. The lowest BCUT2D eigenvalue weighted by Gasteiger charge is -1.90. The SMILES string of the molecule is O=c1[nH]c2cc(F)ccc2c(=O)c([N+](=O)[O-])c1O. The second-order valence-corrected chi connectivity index (χ2v) is 3.43. The molecule has 0 amide bonds. The molecule has 2 N–H and O–H groups in total. The Bertz CT molecular complexity index is 783. The molecule has 0 radical (unpaired) electrons. The van der Waals surface area contributed by atoms with Crippen molar-refractivity contribution >= 4 is 16.6 Å². The molecule has 0 atom stereocenters. The first-order chi connectivity index (χ1) is 8.41. The van der Waals surface area contributed by atoms with Gasteiger partial charge in [-0.3, -0.25) is 19.7 Å². The number of nitrogens with zero attached hydrogens (tertiary/aromatic N) is 1. The molecular formula is C10H5FN2O5. The van der Waals surface area contributed by atoms with E-state index >= 15 is 0 Å². The quantitative estimate of drug-likeness (QED) is 0.571. The van der Waals surface area contributed by atoms with Crippen molar-refractivity contribution in [1.82, 2.24) is 4.98 Å². The smallest absolute Gasteiger partial charge is 0.364 e. The van der Waals surface area contributed by atoms with Crippen LogP contribution in [0.2, 0.25) is 0 Å². The fourth-order valence-electron chi connectivity index (χ4n) is 1.51. The zero-order valence-electron chi connectivity index (χ0n) is 8.64. The van der Waals surface area contributed by atoms with Gasteiger partial charge in [0.2, 0.25) is 0 Å². The molecule has 8 heteroatoms. The van der Waals surface area contributed by atoms with Gasteiger partial charge in [0.25, 0.3) is 16.7 Å². The summed E-state index contributed by atoms with van der Waals surface area (Å²) < 4.78 is 13.0. The Morgan fingerprint density at radius 3 is 2.61 bits per heavy atom. The zero-order valence-corrected chi connectivity index (χ0v) is 8.64. The molecule has 0 saturated heterocycles. The fourth-order valence-corrected chi connectivity index (χ4v) is 1.51. The van der Waals surface area contributed by atoms with Crippen LogP contribution in [-0.2, 0) is 0 Å². The second kappa shape index (κ2) is 3.91. The summed E-state index contributed by atoms with van der Waals surface area (Å²) in [6.07, 6.45) is 0. The first-order valence-electron chi connectivity index (χ1n) is 4.65. The van der Waals surface area contributed by atoms with Crippen molar-refractivity contribution in [3.8, 4) is 5.75 Å². The fraction of sp³-hybridized carbons (Fsp3) is 0. The van der Waals surface area contributed by atoms with Crippen LogP contribution in [0.3, 0.4) is 0 Å². The van der Waals surface area contributed by atoms with Gasteiger partial charge in [0, 0.05) is 0 Å². The van der Waals surface area contributed by atoms with Gasteiger partial charge in [0.1, 0.15) is 5.82 Å². The van der Waals surface area contributed by atoms with Crippen LogP contribution < -0.4 is 11.0 Å². The van der Waals surface area contributed by atoms with E-state index in [0.717, 1.165) is 18.2 Å². The minimum absolute atomic E-state index is 0.228. The molecule has 0 bridgehead atoms. The average Bonchev–Trinajstić information content (AvgIpc) is 2.35. The highest BCUT2D eigenvalue weighted by Crippen LogP contribution is 2.17. The number of H-pyrrole nitrogens is 1. The summed E-state index contributed by atoms with van der Waals surface area (Å²) in [5, 5.41) is 19.7. The highest BCUT2D eigenvalue weighted by molar-refractivity contribution is 5.80. The van der Waals surface area contributed by atoms with Gasteiger partial charge >= 0.3 is 5.69 Å². The minimum atomic E-state index is -1.30. The first-order valence-corrected chi connectivity index (χ1v) is 4.65. The van der Waals surface area contributed by atoms with Crippen LogP contribution >= 0.6 is 0 Å². The Morgan fingerprint density at radius 1 is 1.33 bits per heavy atom. The Balaban J connectivity index is 3.16. The molecule has 0 saturated carbocycles. The molecule has 1 aromatic carbocycles. The van der Waals surface area contributed by atoms with Crippen LogP contribution in [0, 0.1) is 15.9 Å². The number of benzene rings is 1. The number of hydrogen-bond acceptors (Lipinski definition) is 5.